The highest BCUT2D eigenvalue weighted by Gasteiger charge is 1.92. The summed E-state index contributed by atoms with van der Waals surface area (Å²) in [5, 5.41) is 0. The van der Waals surface area contributed by atoms with E-state index in [4.69, 9.17) is 0 Å². The van der Waals surface area contributed by atoms with Crippen molar-refractivity contribution in [2.75, 3.05) is 12.3 Å². The van der Waals surface area contributed by atoms with Crippen LogP contribution in [-0.2, 0) is 0 Å². The Hall–Kier alpha value is 0.430. The van der Waals surface area contributed by atoms with Gasteiger partial charge < -0.3 is 0 Å². The van der Waals surface area contributed by atoms with Gasteiger partial charge >= 0.3 is 0 Å². The van der Waals surface area contributed by atoms with Crippen molar-refractivity contribution in [2.45, 2.75) is 84.5 Å². The molecule has 0 aromatic carbocycles. The van der Waals surface area contributed by atoms with Crippen molar-refractivity contribution in [3.63, 3.8) is 0 Å². The Morgan fingerprint density at radius 2 is 0.875 bits per heavy atom. The number of rotatable bonds is 13. The predicted molar refractivity (Wildman–Crippen MR) is 80.2 cm³/mol. The first kappa shape index (κ1) is 16.4. The molecule has 1 unspecified atom stereocenters. The first-order valence-electron chi connectivity index (χ1n) is 7.62. The van der Waals surface area contributed by atoms with Crippen LogP contribution in [0.2, 0.25) is 0 Å². The zero-order valence-corrected chi connectivity index (χ0v) is 12.7. The Bertz CT molecular complexity index is 98.0. The quantitative estimate of drug-likeness (QED) is 0.275. The van der Waals surface area contributed by atoms with Crippen LogP contribution in [-0.4, -0.2) is 12.3 Å². The molecule has 0 aliphatic rings. The molecule has 0 saturated heterocycles. The lowest BCUT2D eigenvalue weighted by Crippen LogP contribution is -1.84. The lowest BCUT2D eigenvalue weighted by Gasteiger charge is -2.02. The molecule has 0 bridgehead atoms. The number of hydrogen-bond donors (Lipinski definition) is 0. The van der Waals surface area contributed by atoms with Gasteiger partial charge in [-0.1, -0.05) is 71.6 Å². The topological polar surface area (TPSA) is 0 Å². The molecule has 0 rings (SSSR count). The van der Waals surface area contributed by atoms with Gasteiger partial charge in [0.1, 0.15) is 0 Å². The largest absolute Gasteiger partial charge is 0.122 e. The summed E-state index contributed by atoms with van der Waals surface area (Å²) in [6, 6.07) is 0. The fourth-order valence-corrected chi connectivity index (χ4v) is 3.26. The molecule has 1 atom stereocenters. The van der Waals surface area contributed by atoms with Gasteiger partial charge in [-0.05, 0) is 25.2 Å². The second-order valence-electron chi connectivity index (χ2n) is 4.93. The molecule has 0 amide bonds. The first-order chi connectivity index (χ1) is 7.91. The summed E-state index contributed by atoms with van der Waals surface area (Å²) < 4.78 is 0. The highest BCUT2D eigenvalue weighted by Crippen LogP contribution is 2.17. The van der Waals surface area contributed by atoms with Gasteiger partial charge in [0.15, 0.2) is 0 Å². The summed E-state index contributed by atoms with van der Waals surface area (Å²) in [7, 11) is 1.26. The summed E-state index contributed by atoms with van der Waals surface area (Å²) in [6.07, 6.45) is 19.0. The van der Waals surface area contributed by atoms with E-state index in [-0.39, 0.29) is 0 Å². The second-order valence-corrected chi connectivity index (χ2v) is 6.43. The molecule has 0 aliphatic heterocycles. The van der Waals surface area contributed by atoms with E-state index in [1.165, 1.54) is 91.5 Å². The molecule has 0 saturated carbocycles. The van der Waals surface area contributed by atoms with Crippen LogP contribution in [0.25, 0.3) is 0 Å². The van der Waals surface area contributed by atoms with E-state index >= 15 is 0 Å². The van der Waals surface area contributed by atoms with Crippen LogP contribution in [0.15, 0.2) is 0 Å². The average molecular weight is 244 g/mol. The molecule has 0 N–H and O–H groups in total. The maximum Gasteiger partial charge on any atom is -0.0353 e. The van der Waals surface area contributed by atoms with Gasteiger partial charge in [-0.15, -0.1) is 8.58 Å². The molecule has 0 spiro atoms. The summed E-state index contributed by atoms with van der Waals surface area (Å²) in [6.45, 7) is 4.58. The summed E-state index contributed by atoms with van der Waals surface area (Å²) in [5.41, 5.74) is 0. The van der Waals surface area contributed by atoms with Gasteiger partial charge in [0.2, 0.25) is 0 Å². The van der Waals surface area contributed by atoms with E-state index in [2.05, 4.69) is 13.8 Å². The van der Waals surface area contributed by atoms with Crippen molar-refractivity contribution < 1.29 is 0 Å². The zero-order chi connectivity index (χ0) is 11.9. The molecule has 98 valence electrons. The van der Waals surface area contributed by atoms with E-state index in [0.29, 0.717) is 0 Å². The van der Waals surface area contributed by atoms with Crippen LogP contribution in [0.4, 0.5) is 0 Å². The van der Waals surface area contributed by atoms with Crippen LogP contribution in [0.3, 0.4) is 0 Å². The average Bonchev–Trinajstić information content (AvgIpc) is 2.31. The molecular formula is C15H33P. The molecule has 0 fully saturated rings. The minimum atomic E-state index is 1.26. The highest BCUT2D eigenvalue weighted by molar-refractivity contribution is 7.37. The third-order valence-electron chi connectivity index (χ3n) is 3.16. The Kier molecular flexibility index (Phi) is 15.8. The van der Waals surface area contributed by atoms with Crippen molar-refractivity contribution in [3.05, 3.63) is 0 Å². The van der Waals surface area contributed by atoms with Gasteiger partial charge in [0, 0.05) is 0 Å². The van der Waals surface area contributed by atoms with Crippen molar-refractivity contribution in [3.8, 4) is 0 Å². The molecular weight excluding hydrogens is 211 g/mol. The molecule has 0 aromatic rings. The molecule has 0 heterocycles. The molecule has 0 nitrogen and oxygen atoms in total. The summed E-state index contributed by atoms with van der Waals surface area (Å²) >= 11 is 0. The monoisotopic (exact) mass is 244 g/mol. The summed E-state index contributed by atoms with van der Waals surface area (Å²) in [5.74, 6) is 0. The molecule has 0 radical (unpaired) electrons. The van der Waals surface area contributed by atoms with Gasteiger partial charge in [-0.3, -0.25) is 0 Å². The van der Waals surface area contributed by atoms with E-state index in [1.807, 2.05) is 0 Å². The Labute approximate surface area is 106 Å². The Morgan fingerprint density at radius 3 is 1.38 bits per heavy atom. The van der Waals surface area contributed by atoms with E-state index in [0.717, 1.165) is 0 Å². The fraction of sp³-hybridized carbons (Fsp3) is 1.00. The highest BCUT2D eigenvalue weighted by atomic mass is 31.1. The predicted octanol–water partition coefficient (Wildman–Crippen LogP) is 6.00. The molecule has 16 heavy (non-hydrogen) atoms. The molecule has 0 aromatic heterocycles. The molecule has 1 heteroatoms. The Morgan fingerprint density at radius 1 is 0.500 bits per heavy atom. The van der Waals surface area contributed by atoms with E-state index < -0.39 is 0 Å². The first-order valence-corrected chi connectivity index (χ1v) is 9.04. The third-order valence-corrected chi connectivity index (χ3v) is 4.58. The second kappa shape index (κ2) is 15.4. The van der Waals surface area contributed by atoms with Crippen LogP contribution in [0, 0.1) is 0 Å². The van der Waals surface area contributed by atoms with E-state index in [1.54, 1.807) is 0 Å². The number of unbranched alkanes of at least 4 members (excludes halogenated alkanes) is 9. The van der Waals surface area contributed by atoms with Gasteiger partial charge in [0.25, 0.3) is 0 Å². The van der Waals surface area contributed by atoms with Crippen LogP contribution < -0.4 is 0 Å². The van der Waals surface area contributed by atoms with E-state index in [9.17, 15) is 0 Å². The standard InChI is InChI=1S/C15H33P/c1-3-5-7-9-10-11-13-15-16-14-12-8-6-4-2/h16H,3-15H2,1-2H3. The van der Waals surface area contributed by atoms with Crippen molar-refractivity contribution in [1.29, 1.82) is 0 Å². The minimum Gasteiger partial charge on any atom is -0.122 e. The van der Waals surface area contributed by atoms with Gasteiger partial charge in [-0.2, -0.15) is 0 Å². The lowest BCUT2D eigenvalue weighted by molar-refractivity contribution is 0.603. The normalized spacial score (nSPS) is 11.6. The SMILES string of the molecule is CCCCCCCCCPCCCCCC. The third kappa shape index (κ3) is 14.4. The molecule has 0 aliphatic carbocycles. The van der Waals surface area contributed by atoms with Crippen molar-refractivity contribution in [1.82, 2.24) is 0 Å². The van der Waals surface area contributed by atoms with Crippen LogP contribution in [0.1, 0.15) is 84.5 Å². The summed E-state index contributed by atoms with van der Waals surface area (Å²) in [4.78, 5) is 0. The minimum absolute atomic E-state index is 1.26. The van der Waals surface area contributed by atoms with Crippen molar-refractivity contribution in [2.24, 2.45) is 0 Å². The lowest BCUT2D eigenvalue weighted by atomic mass is 10.1. The number of hydrogen-bond acceptors (Lipinski definition) is 0. The van der Waals surface area contributed by atoms with Gasteiger partial charge in [0.05, 0.1) is 0 Å². The fourth-order valence-electron chi connectivity index (χ4n) is 2.01. The van der Waals surface area contributed by atoms with Gasteiger partial charge in [-0.25, -0.2) is 0 Å². The van der Waals surface area contributed by atoms with Crippen LogP contribution in [0.5, 0.6) is 0 Å². The Balaban J connectivity index is 2.83. The maximum absolute atomic E-state index is 2.29. The van der Waals surface area contributed by atoms with Crippen LogP contribution >= 0.6 is 8.58 Å². The maximum atomic E-state index is 2.29. The van der Waals surface area contributed by atoms with Crippen molar-refractivity contribution >= 4 is 8.58 Å². The smallest absolute Gasteiger partial charge is 0.0353 e. The zero-order valence-electron chi connectivity index (χ0n) is 11.7.